The zero-order valence-electron chi connectivity index (χ0n) is 13.8. The molecule has 0 saturated heterocycles. The predicted molar refractivity (Wildman–Crippen MR) is 91.7 cm³/mol. The van der Waals surface area contributed by atoms with Crippen molar-refractivity contribution in [3.63, 3.8) is 0 Å². The van der Waals surface area contributed by atoms with Crippen LogP contribution in [0.2, 0.25) is 0 Å². The van der Waals surface area contributed by atoms with E-state index < -0.39 is 18.5 Å². The molecular formula is C16H18BF3N4O. The highest BCUT2D eigenvalue weighted by atomic mass is 19.3. The highest BCUT2D eigenvalue weighted by molar-refractivity contribution is 6.23. The molecule has 3 N–H and O–H groups in total. The molecule has 9 heteroatoms. The largest absolute Gasteiger partial charge is 0.389 e. The summed E-state index contributed by atoms with van der Waals surface area (Å²) in [4.78, 5) is 4.23. The van der Waals surface area contributed by atoms with E-state index in [0.29, 0.717) is 22.5 Å². The van der Waals surface area contributed by atoms with E-state index in [0.717, 1.165) is 6.21 Å². The van der Waals surface area contributed by atoms with Crippen LogP contribution in [0.15, 0.2) is 41.8 Å². The van der Waals surface area contributed by atoms with Crippen molar-refractivity contribution in [2.45, 2.75) is 26.1 Å². The molecule has 0 bridgehead atoms. The van der Waals surface area contributed by atoms with E-state index in [9.17, 15) is 18.3 Å². The summed E-state index contributed by atoms with van der Waals surface area (Å²) in [6.07, 6.45) is 3.23. The van der Waals surface area contributed by atoms with Crippen molar-refractivity contribution >= 4 is 14.1 Å². The lowest BCUT2D eigenvalue weighted by molar-refractivity contribution is 0.123. The Hall–Kier alpha value is -2.55. The normalized spacial score (nSPS) is 13.5. The molecule has 1 aromatic carbocycles. The van der Waals surface area contributed by atoms with Crippen molar-refractivity contribution in [2.24, 2.45) is 0 Å². The maximum Gasteiger partial charge on any atom is 0.312 e. The van der Waals surface area contributed by atoms with Gasteiger partial charge in [0.25, 0.3) is 0 Å². The van der Waals surface area contributed by atoms with Crippen molar-refractivity contribution in [2.75, 3.05) is 0 Å². The molecule has 0 aliphatic carbocycles. The molecule has 132 valence electrons. The Labute approximate surface area is 144 Å². The molecule has 0 fully saturated rings. The zero-order chi connectivity index (χ0) is 18.6. The van der Waals surface area contributed by atoms with Crippen LogP contribution in [-0.4, -0.2) is 35.3 Å². The Balaban J connectivity index is 2.43. The van der Waals surface area contributed by atoms with Gasteiger partial charge in [-0.25, -0.2) is 9.37 Å². The lowest BCUT2D eigenvalue weighted by atomic mass is 9.98. The monoisotopic (exact) mass is 350 g/mol. The Bertz CT molecular complexity index is 789. The Morgan fingerprint density at radius 1 is 1.48 bits per heavy atom. The van der Waals surface area contributed by atoms with Gasteiger partial charge in [0, 0.05) is 24.2 Å². The van der Waals surface area contributed by atoms with Gasteiger partial charge in [-0.3, -0.25) is 0 Å². The van der Waals surface area contributed by atoms with E-state index in [1.807, 2.05) is 5.32 Å². The number of imidazole rings is 1. The van der Waals surface area contributed by atoms with Gasteiger partial charge in [0.05, 0.1) is 12.6 Å². The first-order valence-electron chi connectivity index (χ1n) is 7.57. The number of allylic oxidation sites excluding steroid dienone is 1. The van der Waals surface area contributed by atoms with Crippen LogP contribution in [-0.2, 0) is 6.54 Å². The number of aromatic nitrogens is 2. The summed E-state index contributed by atoms with van der Waals surface area (Å²) in [6.45, 7) is -1.08. The van der Waals surface area contributed by atoms with E-state index in [2.05, 4.69) is 4.98 Å². The average molecular weight is 350 g/mol. The molecule has 2 aromatic rings. The summed E-state index contributed by atoms with van der Waals surface area (Å²) in [6, 6.07) is 4.00. The van der Waals surface area contributed by atoms with Crippen LogP contribution >= 0.6 is 0 Å². The van der Waals surface area contributed by atoms with Crippen molar-refractivity contribution in [3.05, 3.63) is 53.1 Å². The minimum atomic E-state index is -2.73. The number of aliphatic hydroxyl groups excluding tert-OH is 1. The number of benzene rings is 1. The molecule has 0 radical (unpaired) electrons. The van der Waals surface area contributed by atoms with E-state index in [-0.39, 0.29) is 12.1 Å². The third kappa shape index (κ3) is 4.51. The minimum absolute atomic E-state index is 0.126. The van der Waals surface area contributed by atoms with Crippen molar-refractivity contribution in [1.82, 2.24) is 14.9 Å². The number of aliphatic hydroxyl groups is 1. The van der Waals surface area contributed by atoms with E-state index in [1.165, 1.54) is 39.2 Å². The van der Waals surface area contributed by atoms with Gasteiger partial charge in [0.1, 0.15) is 11.6 Å². The fourth-order valence-corrected chi connectivity index (χ4v) is 2.48. The molecule has 0 aliphatic heterocycles. The Morgan fingerprint density at radius 3 is 2.80 bits per heavy atom. The number of nitrogens with zero attached hydrogens (tertiary/aromatic N) is 2. The predicted octanol–water partition coefficient (Wildman–Crippen LogP) is 2.05. The first-order valence-corrected chi connectivity index (χ1v) is 7.57. The van der Waals surface area contributed by atoms with Crippen LogP contribution in [0.25, 0.3) is 11.4 Å². The minimum Gasteiger partial charge on any atom is -0.389 e. The standard InChI is InChI=1S/C16H18BF3N4O/c1-9(25)13-6-11(18)2-3-12(13)15-22-4-5-24(15)8-10(7-21)14(17)23-16(19)20/h2-7,9,16,21,23,25H,8,17H2,1H3/b14-10+,21-7?. The number of hydrogen-bond donors (Lipinski definition) is 3. The Morgan fingerprint density at radius 2 is 2.20 bits per heavy atom. The van der Waals surface area contributed by atoms with Gasteiger partial charge in [-0.15, -0.1) is 0 Å². The summed E-state index contributed by atoms with van der Waals surface area (Å²) in [5.74, 6) is -0.0325. The molecule has 0 saturated carbocycles. The molecule has 1 heterocycles. The van der Waals surface area contributed by atoms with Crippen molar-refractivity contribution in [1.29, 1.82) is 5.41 Å². The second kappa shape index (κ2) is 8.02. The second-order valence-electron chi connectivity index (χ2n) is 5.53. The van der Waals surface area contributed by atoms with Crippen molar-refractivity contribution < 1.29 is 18.3 Å². The lowest BCUT2D eigenvalue weighted by Gasteiger charge is -2.16. The van der Waals surface area contributed by atoms with Crippen LogP contribution in [0, 0.1) is 11.2 Å². The molecular weight excluding hydrogens is 332 g/mol. The molecule has 0 aliphatic rings. The zero-order valence-corrected chi connectivity index (χ0v) is 13.8. The third-order valence-electron chi connectivity index (χ3n) is 3.74. The highest BCUT2D eigenvalue weighted by Gasteiger charge is 2.16. The van der Waals surface area contributed by atoms with Gasteiger partial charge >= 0.3 is 6.55 Å². The fourth-order valence-electron chi connectivity index (χ4n) is 2.48. The number of nitrogens with one attached hydrogen (secondary N) is 2. The Kier molecular flexibility index (Phi) is 6.03. The van der Waals surface area contributed by atoms with Crippen LogP contribution < -0.4 is 5.32 Å². The number of alkyl halides is 2. The smallest absolute Gasteiger partial charge is 0.312 e. The van der Waals surface area contributed by atoms with Crippen LogP contribution in [0.5, 0.6) is 0 Å². The van der Waals surface area contributed by atoms with Gasteiger partial charge in [0.2, 0.25) is 0 Å². The summed E-state index contributed by atoms with van der Waals surface area (Å²) in [5.41, 5.74) is 1.43. The fraction of sp³-hybridized carbons (Fsp3) is 0.250. The third-order valence-corrected chi connectivity index (χ3v) is 3.74. The van der Waals surface area contributed by atoms with Gasteiger partial charge in [-0.05, 0) is 41.9 Å². The lowest BCUT2D eigenvalue weighted by Crippen LogP contribution is -2.23. The molecule has 2 rings (SSSR count). The second-order valence-corrected chi connectivity index (χ2v) is 5.53. The van der Waals surface area contributed by atoms with Gasteiger partial charge < -0.3 is 20.4 Å². The molecule has 0 amide bonds. The van der Waals surface area contributed by atoms with Crippen LogP contribution in [0.3, 0.4) is 0 Å². The summed E-state index contributed by atoms with van der Waals surface area (Å²) < 4.78 is 40.1. The van der Waals surface area contributed by atoms with E-state index in [1.54, 1.807) is 10.8 Å². The first kappa shape index (κ1) is 18.8. The van der Waals surface area contributed by atoms with Gasteiger partial charge in [0.15, 0.2) is 7.85 Å². The van der Waals surface area contributed by atoms with Crippen LogP contribution in [0.1, 0.15) is 18.6 Å². The molecule has 5 nitrogen and oxygen atoms in total. The number of rotatable bonds is 7. The molecule has 0 spiro atoms. The quantitative estimate of drug-likeness (QED) is 0.407. The van der Waals surface area contributed by atoms with Gasteiger partial charge in [-0.1, -0.05) is 0 Å². The van der Waals surface area contributed by atoms with Crippen LogP contribution in [0.4, 0.5) is 13.2 Å². The number of halogens is 3. The molecule has 1 unspecified atom stereocenters. The summed E-state index contributed by atoms with van der Waals surface area (Å²) in [5, 5.41) is 19.3. The number of hydrogen-bond acceptors (Lipinski definition) is 4. The summed E-state index contributed by atoms with van der Waals surface area (Å²) >= 11 is 0. The van der Waals surface area contributed by atoms with Crippen molar-refractivity contribution in [3.8, 4) is 11.4 Å². The molecule has 1 aromatic heterocycles. The highest BCUT2D eigenvalue weighted by Crippen LogP contribution is 2.28. The average Bonchev–Trinajstić information content (AvgIpc) is 2.99. The molecule has 1 atom stereocenters. The SMILES string of the molecule is B/C(NC(F)F)=C(/C=N)Cn1ccnc1-c1ccc(F)cc1C(C)O. The van der Waals surface area contributed by atoms with E-state index in [4.69, 9.17) is 5.41 Å². The first-order chi connectivity index (χ1) is 11.8. The maximum absolute atomic E-state index is 13.5. The molecule has 25 heavy (non-hydrogen) atoms. The maximum atomic E-state index is 13.5. The van der Waals surface area contributed by atoms with Gasteiger partial charge in [-0.2, -0.15) is 8.78 Å². The summed E-state index contributed by atoms with van der Waals surface area (Å²) in [7, 11) is 1.46. The van der Waals surface area contributed by atoms with E-state index >= 15 is 0 Å². The topological polar surface area (TPSA) is 73.9 Å².